The Balaban J connectivity index is 1.78. The van der Waals surface area contributed by atoms with Crippen LogP contribution in [0.4, 0.5) is 0 Å². The fraction of sp³-hybridized carbons (Fsp3) is 0.938. The zero-order valence-electron chi connectivity index (χ0n) is 13.4. The van der Waals surface area contributed by atoms with Crippen LogP contribution in [0.1, 0.15) is 46.5 Å². The second-order valence-corrected chi connectivity index (χ2v) is 7.35. The minimum Gasteiger partial charge on any atom is -0.380 e. The van der Waals surface area contributed by atoms with Crippen LogP contribution >= 0.6 is 0 Å². The number of hydrogen-bond acceptors (Lipinski definition) is 3. The van der Waals surface area contributed by atoms with Gasteiger partial charge in [-0.25, -0.2) is 0 Å². The summed E-state index contributed by atoms with van der Waals surface area (Å²) in [5.74, 6) is 0.329. The van der Waals surface area contributed by atoms with Gasteiger partial charge in [-0.3, -0.25) is 9.69 Å². The Morgan fingerprint density at radius 1 is 1.10 bits per heavy atom. The highest BCUT2D eigenvalue weighted by Gasteiger charge is 2.28. The number of carbonyl (C=O) groups is 1. The van der Waals surface area contributed by atoms with Crippen molar-refractivity contribution in [2.75, 3.05) is 39.4 Å². The van der Waals surface area contributed by atoms with Gasteiger partial charge in [0.05, 0.1) is 6.61 Å². The van der Waals surface area contributed by atoms with Crippen LogP contribution < -0.4 is 0 Å². The number of piperidine rings is 1. The van der Waals surface area contributed by atoms with Crippen LogP contribution in [-0.2, 0) is 9.53 Å². The Bertz CT molecular complexity index is 309. The molecule has 0 aromatic rings. The lowest BCUT2D eigenvalue weighted by Gasteiger charge is -2.38. The lowest BCUT2D eigenvalue weighted by Crippen LogP contribution is -2.47. The van der Waals surface area contributed by atoms with E-state index >= 15 is 0 Å². The van der Waals surface area contributed by atoms with Crippen LogP contribution in [0.2, 0.25) is 0 Å². The number of hydrogen-bond donors (Lipinski definition) is 0. The first kappa shape index (κ1) is 15.8. The highest BCUT2D eigenvalue weighted by atomic mass is 16.5. The van der Waals surface area contributed by atoms with Crippen molar-refractivity contribution in [2.45, 2.75) is 52.5 Å². The van der Waals surface area contributed by atoms with E-state index in [1.807, 2.05) is 0 Å². The molecule has 0 aromatic carbocycles. The number of likely N-dealkylation sites (tertiary alicyclic amines) is 1. The van der Waals surface area contributed by atoms with Crippen LogP contribution in [-0.4, -0.2) is 61.1 Å². The van der Waals surface area contributed by atoms with Crippen molar-refractivity contribution < 1.29 is 9.53 Å². The molecule has 0 aromatic heterocycles. The summed E-state index contributed by atoms with van der Waals surface area (Å²) in [5, 5.41) is 0. The zero-order valence-corrected chi connectivity index (χ0v) is 13.4. The van der Waals surface area contributed by atoms with Gasteiger partial charge in [-0.15, -0.1) is 0 Å². The maximum atomic E-state index is 12.2. The first-order valence-electron chi connectivity index (χ1n) is 8.05. The molecule has 0 bridgehead atoms. The second-order valence-electron chi connectivity index (χ2n) is 7.35. The molecule has 2 rings (SSSR count). The minimum absolute atomic E-state index is 0.0933. The number of nitrogens with zero attached hydrogens (tertiary/aromatic N) is 2. The molecule has 2 fully saturated rings. The third-order valence-corrected chi connectivity index (χ3v) is 4.27. The first-order chi connectivity index (χ1) is 9.46. The maximum Gasteiger partial charge on any atom is 0.223 e. The second kappa shape index (κ2) is 6.90. The van der Waals surface area contributed by atoms with Crippen molar-refractivity contribution in [1.29, 1.82) is 0 Å². The first-order valence-corrected chi connectivity index (χ1v) is 8.05. The number of carbonyl (C=O) groups excluding carboxylic acids is 1. The van der Waals surface area contributed by atoms with E-state index in [9.17, 15) is 4.79 Å². The molecule has 0 aliphatic carbocycles. The van der Waals surface area contributed by atoms with E-state index in [0.717, 1.165) is 58.7 Å². The van der Waals surface area contributed by atoms with Gasteiger partial charge in [0.25, 0.3) is 0 Å². The maximum absolute atomic E-state index is 12.2. The van der Waals surface area contributed by atoms with Crippen molar-refractivity contribution in [3.63, 3.8) is 0 Å². The van der Waals surface area contributed by atoms with E-state index in [0.29, 0.717) is 18.4 Å². The van der Waals surface area contributed by atoms with E-state index < -0.39 is 0 Å². The molecule has 2 aliphatic heterocycles. The summed E-state index contributed by atoms with van der Waals surface area (Å²) in [7, 11) is 0. The summed E-state index contributed by atoms with van der Waals surface area (Å²) in [6, 6.07) is 0.649. The van der Waals surface area contributed by atoms with E-state index in [-0.39, 0.29) is 5.41 Å². The summed E-state index contributed by atoms with van der Waals surface area (Å²) < 4.78 is 5.52. The molecule has 20 heavy (non-hydrogen) atoms. The van der Waals surface area contributed by atoms with E-state index in [1.54, 1.807) is 0 Å². The van der Waals surface area contributed by atoms with Gasteiger partial charge in [0.1, 0.15) is 0 Å². The molecule has 0 N–H and O–H groups in total. The van der Waals surface area contributed by atoms with E-state index in [1.165, 1.54) is 0 Å². The van der Waals surface area contributed by atoms with Crippen molar-refractivity contribution in [1.82, 2.24) is 9.80 Å². The number of amides is 1. The molecule has 2 saturated heterocycles. The van der Waals surface area contributed by atoms with Crippen LogP contribution in [0.15, 0.2) is 0 Å². The summed E-state index contributed by atoms with van der Waals surface area (Å²) in [4.78, 5) is 16.9. The van der Waals surface area contributed by atoms with Crippen molar-refractivity contribution >= 4 is 5.91 Å². The molecule has 1 amide bonds. The van der Waals surface area contributed by atoms with Gasteiger partial charge < -0.3 is 9.64 Å². The van der Waals surface area contributed by atoms with Gasteiger partial charge in [0, 0.05) is 45.2 Å². The highest BCUT2D eigenvalue weighted by molar-refractivity contribution is 5.76. The van der Waals surface area contributed by atoms with Gasteiger partial charge in [-0.05, 0) is 24.7 Å². The fourth-order valence-corrected chi connectivity index (χ4v) is 3.18. The normalized spacial score (nSPS) is 23.6. The molecule has 0 radical (unpaired) electrons. The SMILES string of the molecule is CC(C)(C)CC(=O)N1CCC(N2CCCOCC2)CC1. The molecule has 116 valence electrons. The minimum atomic E-state index is 0.0933. The smallest absolute Gasteiger partial charge is 0.223 e. The monoisotopic (exact) mass is 282 g/mol. The Morgan fingerprint density at radius 2 is 1.80 bits per heavy atom. The fourth-order valence-electron chi connectivity index (χ4n) is 3.18. The van der Waals surface area contributed by atoms with Crippen LogP contribution in [0.3, 0.4) is 0 Å². The van der Waals surface area contributed by atoms with Gasteiger partial charge in [0.2, 0.25) is 5.91 Å². The highest BCUT2D eigenvalue weighted by Crippen LogP contribution is 2.23. The Labute approximate surface area is 123 Å². The average Bonchev–Trinajstić information content (AvgIpc) is 2.66. The standard InChI is InChI=1S/C16H30N2O2/c1-16(2,3)13-15(19)18-8-5-14(6-9-18)17-7-4-11-20-12-10-17/h14H,4-13H2,1-3H3. The van der Waals surface area contributed by atoms with Gasteiger partial charge in [-0.1, -0.05) is 20.8 Å². The molecule has 4 heteroatoms. The molecule has 2 aliphatic rings. The van der Waals surface area contributed by atoms with Crippen LogP contribution in [0, 0.1) is 5.41 Å². The predicted octanol–water partition coefficient (Wildman–Crippen LogP) is 2.14. The molecule has 0 spiro atoms. The third-order valence-electron chi connectivity index (χ3n) is 4.27. The van der Waals surface area contributed by atoms with Crippen LogP contribution in [0.5, 0.6) is 0 Å². The largest absolute Gasteiger partial charge is 0.380 e. The predicted molar refractivity (Wildman–Crippen MR) is 80.7 cm³/mol. The van der Waals surface area contributed by atoms with Crippen molar-refractivity contribution in [3.8, 4) is 0 Å². The number of ether oxygens (including phenoxy) is 1. The van der Waals surface area contributed by atoms with Gasteiger partial charge in [-0.2, -0.15) is 0 Å². The van der Waals surface area contributed by atoms with E-state index in [4.69, 9.17) is 4.74 Å². The Kier molecular flexibility index (Phi) is 5.44. The lowest BCUT2D eigenvalue weighted by atomic mass is 9.91. The summed E-state index contributed by atoms with van der Waals surface area (Å²) in [5.41, 5.74) is 0.0933. The van der Waals surface area contributed by atoms with Crippen molar-refractivity contribution in [2.24, 2.45) is 5.41 Å². The average molecular weight is 282 g/mol. The molecule has 2 heterocycles. The molecular formula is C16H30N2O2. The molecule has 0 saturated carbocycles. The zero-order chi connectivity index (χ0) is 14.6. The third kappa shape index (κ3) is 4.74. The Hall–Kier alpha value is -0.610. The number of rotatable bonds is 2. The molecule has 0 unspecified atom stereocenters. The lowest BCUT2D eigenvalue weighted by molar-refractivity contribution is -0.134. The summed E-state index contributed by atoms with van der Waals surface area (Å²) >= 11 is 0. The van der Waals surface area contributed by atoms with Gasteiger partial charge >= 0.3 is 0 Å². The van der Waals surface area contributed by atoms with Gasteiger partial charge in [0.15, 0.2) is 0 Å². The quantitative estimate of drug-likeness (QED) is 0.778. The summed E-state index contributed by atoms with van der Waals surface area (Å²) in [6.07, 6.45) is 4.05. The molecule has 4 nitrogen and oxygen atoms in total. The topological polar surface area (TPSA) is 32.8 Å². The Morgan fingerprint density at radius 3 is 2.45 bits per heavy atom. The summed E-state index contributed by atoms with van der Waals surface area (Å²) in [6.45, 7) is 12.2. The van der Waals surface area contributed by atoms with Crippen LogP contribution in [0.25, 0.3) is 0 Å². The van der Waals surface area contributed by atoms with E-state index in [2.05, 4.69) is 30.6 Å². The molecular weight excluding hydrogens is 252 g/mol. The van der Waals surface area contributed by atoms with Crippen molar-refractivity contribution in [3.05, 3.63) is 0 Å². The molecule has 0 atom stereocenters.